The Hall–Kier alpha value is -1.60. The zero-order valence-corrected chi connectivity index (χ0v) is 11.7. The van der Waals surface area contributed by atoms with Crippen molar-refractivity contribution in [2.75, 3.05) is 4.72 Å². The van der Waals surface area contributed by atoms with Crippen molar-refractivity contribution in [3.05, 3.63) is 40.4 Å². The van der Waals surface area contributed by atoms with Crippen LogP contribution in [0, 0.1) is 19.7 Å². The maximum atomic E-state index is 12.9. The fraction of sp³-hybridized carbons (Fsp3) is 0.182. The quantitative estimate of drug-likeness (QED) is 0.915. The van der Waals surface area contributed by atoms with Crippen molar-refractivity contribution < 1.29 is 12.8 Å². The Kier molecular flexibility index (Phi) is 3.51. The first-order valence-electron chi connectivity index (χ1n) is 5.30. The Labute approximate surface area is 114 Å². The third-order valence-corrected chi connectivity index (χ3v) is 4.45. The van der Waals surface area contributed by atoms with Crippen LogP contribution in [0.5, 0.6) is 0 Å². The highest BCUT2D eigenvalue weighted by Crippen LogP contribution is 2.26. The Morgan fingerprint density at radius 2 is 2.05 bits per heavy atom. The number of rotatable bonds is 3. The second-order valence-electron chi connectivity index (χ2n) is 3.99. The first-order chi connectivity index (χ1) is 8.81. The summed E-state index contributed by atoms with van der Waals surface area (Å²) in [5.74, 6) is -0.538. The summed E-state index contributed by atoms with van der Waals surface area (Å²) in [4.78, 5) is 0.0629. The van der Waals surface area contributed by atoms with Crippen molar-refractivity contribution in [3.63, 3.8) is 0 Å². The van der Waals surface area contributed by atoms with E-state index in [2.05, 4.69) is 14.9 Å². The van der Waals surface area contributed by atoms with Gasteiger partial charge >= 0.3 is 0 Å². The normalized spacial score (nSPS) is 11.6. The molecule has 0 spiro atoms. The number of H-pyrrole nitrogens is 1. The number of aryl methyl sites for hydroxylation is 2. The molecule has 2 aromatic rings. The molecule has 1 heterocycles. The number of hydrogen-bond acceptors (Lipinski definition) is 3. The molecule has 0 saturated heterocycles. The fourth-order valence-corrected chi connectivity index (χ4v) is 3.43. The van der Waals surface area contributed by atoms with E-state index in [0.717, 1.165) is 12.1 Å². The average Bonchev–Trinajstić information content (AvgIpc) is 2.63. The molecule has 0 aliphatic rings. The third-order valence-electron chi connectivity index (χ3n) is 2.50. The van der Waals surface area contributed by atoms with Gasteiger partial charge in [0.2, 0.25) is 0 Å². The first-order valence-corrected chi connectivity index (χ1v) is 7.17. The summed E-state index contributed by atoms with van der Waals surface area (Å²) < 4.78 is 39.7. The molecule has 0 bridgehead atoms. The van der Waals surface area contributed by atoms with Gasteiger partial charge in [-0.1, -0.05) is 11.6 Å². The second-order valence-corrected chi connectivity index (χ2v) is 6.02. The molecule has 2 rings (SSSR count). The van der Waals surface area contributed by atoms with E-state index in [-0.39, 0.29) is 15.6 Å². The summed E-state index contributed by atoms with van der Waals surface area (Å²) in [5.41, 5.74) is 0.884. The van der Waals surface area contributed by atoms with Gasteiger partial charge in [-0.25, -0.2) is 12.8 Å². The maximum absolute atomic E-state index is 12.9. The van der Waals surface area contributed by atoms with Crippen LogP contribution < -0.4 is 4.72 Å². The van der Waals surface area contributed by atoms with Crippen LogP contribution >= 0.6 is 11.6 Å². The molecule has 102 valence electrons. The van der Waals surface area contributed by atoms with Gasteiger partial charge in [-0.05, 0) is 32.0 Å². The lowest BCUT2D eigenvalue weighted by Crippen LogP contribution is -2.15. The van der Waals surface area contributed by atoms with Gasteiger partial charge in [-0.3, -0.25) is 9.82 Å². The number of anilines is 1. The topological polar surface area (TPSA) is 74.8 Å². The zero-order chi connectivity index (χ0) is 14.2. The zero-order valence-electron chi connectivity index (χ0n) is 10.2. The number of nitrogens with one attached hydrogen (secondary N) is 2. The minimum atomic E-state index is -3.82. The SMILES string of the molecule is Cc1n[nH]c(C)c1S(=O)(=O)Nc1ccc(F)cc1Cl. The highest BCUT2D eigenvalue weighted by Gasteiger charge is 2.23. The van der Waals surface area contributed by atoms with Gasteiger partial charge in [0.15, 0.2) is 0 Å². The van der Waals surface area contributed by atoms with Crippen LogP contribution in [-0.4, -0.2) is 18.6 Å². The monoisotopic (exact) mass is 303 g/mol. The number of benzene rings is 1. The fourth-order valence-electron chi connectivity index (χ4n) is 1.70. The first kappa shape index (κ1) is 13.8. The van der Waals surface area contributed by atoms with Gasteiger partial charge in [0.05, 0.1) is 22.1 Å². The van der Waals surface area contributed by atoms with Gasteiger partial charge in [0.25, 0.3) is 10.0 Å². The van der Waals surface area contributed by atoms with Crippen LogP contribution in [0.1, 0.15) is 11.4 Å². The van der Waals surface area contributed by atoms with E-state index in [4.69, 9.17) is 11.6 Å². The molecule has 19 heavy (non-hydrogen) atoms. The predicted molar refractivity (Wildman–Crippen MR) is 70.3 cm³/mol. The number of aromatic amines is 1. The molecule has 0 radical (unpaired) electrons. The van der Waals surface area contributed by atoms with Crippen molar-refractivity contribution in [1.82, 2.24) is 10.2 Å². The van der Waals surface area contributed by atoms with Crippen LogP contribution in [-0.2, 0) is 10.0 Å². The van der Waals surface area contributed by atoms with Crippen molar-refractivity contribution in [3.8, 4) is 0 Å². The lowest BCUT2D eigenvalue weighted by atomic mass is 10.3. The Bertz CT molecular complexity index is 708. The van der Waals surface area contributed by atoms with E-state index in [1.807, 2.05) is 0 Å². The lowest BCUT2D eigenvalue weighted by Gasteiger charge is -2.09. The molecule has 2 N–H and O–H groups in total. The molecule has 0 saturated carbocycles. The molecule has 0 fully saturated rings. The van der Waals surface area contributed by atoms with Crippen LogP contribution in [0.3, 0.4) is 0 Å². The summed E-state index contributed by atoms with van der Waals surface area (Å²) in [7, 11) is -3.82. The summed E-state index contributed by atoms with van der Waals surface area (Å²) in [5, 5.41) is 6.40. The van der Waals surface area contributed by atoms with Crippen LogP contribution in [0.4, 0.5) is 10.1 Å². The summed E-state index contributed by atoms with van der Waals surface area (Å²) in [6.45, 7) is 3.17. The lowest BCUT2D eigenvalue weighted by molar-refractivity contribution is 0.600. The van der Waals surface area contributed by atoms with E-state index in [0.29, 0.717) is 11.4 Å². The standard InChI is InChI=1S/C11H11ClFN3O2S/c1-6-11(7(2)15-14-6)19(17,18)16-10-4-3-8(13)5-9(10)12/h3-5,16H,1-2H3,(H,14,15). The van der Waals surface area contributed by atoms with Gasteiger partial charge in [0, 0.05) is 0 Å². The summed E-state index contributed by atoms with van der Waals surface area (Å²) in [6, 6.07) is 3.42. The molecule has 0 amide bonds. The number of sulfonamides is 1. The molecular weight excluding hydrogens is 293 g/mol. The molecule has 8 heteroatoms. The Balaban J connectivity index is 2.42. The minimum Gasteiger partial charge on any atom is -0.281 e. The Morgan fingerprint density at radius 1 is 1.37 bits per heavy atom. The highest BCUT2D eigenvalue weighted by atomic mass is 35.5. The summed E-state index contributed by atoms with van der Waals surface area (Å²) in [6.07, 6.45) is 0. The number of nitrogens with zero attached hydrogens (tertiary/aromatic N) is 1. The van der Waals surface area contributed by atoms with Crippen molar-refractivity contribution in [2.24, 2.45) is 0 Å². The summed E-state index contributed by atoms with van der Waals surface area (Å²) >= 11 is 5.79. The van der Waals surface area contributed by atoms with Gasteiger partial charge in [-0.2, -0.15) is 5.10 Å². The van der Waals surface area contributed by atoms with Crippen LogP contribution in [0.25, 0.3) is 0 Å². The molecule has 0 atom stereocenters. The van der Waals surface area contributed by atoms with E-state index < -0.39 is 15.8 Å². The molecule has 1 aromatic carbocycles. The number of halogens is 2. The molecule has 0 aliphatic heterocycles. The average molecular weight is 304 g/mol. The highest BCUT2D eigenvalue weighted by molar-refractivity contribution is 7.92. The van der Waals surface area contributed by atoms with Gasteiger partial charge < -0.3 is 0 Å². The molecule has 1 aromatic heterocycles. The van der Waals surface area contributed by atoms with E-state index in [9.17, 15) is 12.8 Å². The van der Waals surface area contributed by atoms with E-state index in [1.165, 1.54) is 6.07 Å². The van der Waals surface area contributed by atoms with Crippen LogP contribution in [0.15, 0.2) is 23.1 Å². The molecule has 0 unspecified atom stereocenters. The van der Waals surface area contributed by atoms with Crippen molar-refractivity contribution in [1.29, 1.82) is 0 Å². The van der Waals surface area contributed by atoms with E-state index in [1.54, 1.807) is 13.8 Å². The maximum Gasteiger partial charge on any atom is 0.265 e. The van der Waals surface area contributed by atoms with E-state index >= 15 is 0 Å². The Morgan fingerprint density at radius 3 is 2.58 bits per heavy atom. The van der Waals surface area contributed by atoms with Crippen molar-refractivity contribution >= 4 is 27.3 Å². The second kappa shape index (κ2) is 4.82. The van der Waals surface area contributed by atoms with Gasteiger partial charge in [-0.15, -0.1) is 0 Å². The third kappa shape index (κ3) is 2.71. The number of hydrogen-bond donors (Lipinski definition) is 2. The number of aromatic nitrogens is 2. The van der Waals surface area contributed by atoms with Gasteiger partial charge in [0.1, 0.15) is 10.7 Å². The van der Waals surface area contributed by atoms with Crippen molar-refractivity contribution in [2.45, 2.75) is 18.7 Å². The molecule has 5 nitrogen and oxygen atoms in total. The minimum absolute atomic E-state index is 0.0117. The van der Waals surface area contributed by atoms with Crippen LogP contribution in [0.2, 0.25) is 5.02 Å². The molecule has 0 aliphatic carbocycles. The predicted octanol–water partition coefficient (Wildman–Crippen LogP) is 2.62. The largest absolute Gasteiger partial charge is 0.281 e. The molecular formula is C11H11ClFN3O2S. The smallest absolute Gasteiger partial charge is 0.265 e.